The number of hydrogen-bond acceptors (Lipinski definition) is 3. The van der Waals surface area contributed by atoms with Gasteiger partial charge in [-0.15, -0.1) is 0 Å². The lowest BCUT2D eigenvalue weighted by Gasteiger charge is -2.27. The quantitative estimate of drug-likeness (QED) is 0.937. The van der Waals surface area contributed by atoms with E-state index in [-0.39, 0.29) is 11.9 Å². The molecule has 2 aromatic carbocycles. The van der Waals surface area contributed by atoms with E-state index >= 15 is 0 Å². The lowest BCUT2D eigenvalue weighted by atomic mass is 9.87. The standard InChI is InChI=1S/C20H20N2O2/c1-14(24-17-9-4-6-15(12-17)13-21)20(23)22-19-11-5-8-16-7-2-3-10-18(16)19/h2-4,6-7,9-10,12,14,19H,5,8,11H2,1H3,(H,22,23)/t14-,19-/m0/s1. The maximum atomic E-state index is 12.5. The molecule has 1 aliphatic rings. The van der Waals surface area contributed by atoms with Crippen LogP contribution in [0, 0.1) is 11.3 Å². The number of aryl methyl sites for hydroxylation is 1. The Balaban J connectivity index is 1.66. The first-order valence-corrected chi connectivity index (χ1v) is 8.22. The molecule has 0 radical (unpaired) electrons. The number of nitrogens with one attached hydrogen (secondary N) is 1. The molecule has 0 bridgehead atoms. The van der Waals surface area contributed by atoms with E-state index in [1.165, 1.54) is 11.1 Å². The maximum absolute atomic E-state index is 12.5. The van der Waals surface area contributed by atoms with Crippen molar-refractivity contribution in [3.8, 4) is 11.8 Å². The Kier molecular flexibility index (Phi) is 4.81. The van der Waals surface area contributed by atoms with Crippen molar-refractivity contribution in [3.63, 3.8) is 0 Å². The summed E-state index contributed by atoms with van der Waals surface area (Å²) in [6.45, 7) is 1.73. The van der Waals surface area contributed by atoms with Crippen molar-refractivity contribution in [2.75, 3.05) is 0 Å². The van der Waals surface area contributed by atoms with Gasteiger partial charge in [-0.1, -0.05) is 30.3 Å². The molecule has 0 spiro atoms. The summed E-state index contributed by atoms with van der Waals surface area (Å²) in [5, 5.41) is 12.0. The number of amides is 1. The third-order valence-electron chi connectivity index (χ3n) is 4.33. The Morgan fingerprint density at radius 3 is 2.96 bits per heavy atom. The van der Waals surface area contributed by atoms with Gasteiger partial charge in [-0.25, -0.2) is 0 Å². The predicted octanol–water partition coefficient (Wildman–Crippen LogP) is 3.52. The fourth-order valence-electron chi connectivity index (χ4n) is 3.09. The molecular weight excluding hydrogens is 300 g/mol. The summed E-state index contributed by atoms with van der Waals surface area (Å²) in [6.07, 6.45) is 2.46. The van der Waals surface area contributed by atoms with Gasteiger partial charge in [-0.2, -0.15) is 5.26 Å². The monoisotopic (exact) mass is 320 g/mol. The normalized spacial score (nSPS) is 17.2. The lowest BCUT2D eigenvalue weighted by molar-refractivity contribution is -0.128. The van der Waals surface area contributed by atoms with Crippen LogP contribution in [-0.2, 0) is 11.2 Å². The van der Waals surface area contributed by atoms with Gasteiger partial charge in [0, 0.05) is 0 Å². The highest BCUT2D eigenvalue weighted by molar-refractivity contribution is 5.81. The Hall–Kier alpha value is -2.80. The van der Waals surface area contributed by atoms with E-state index in [2.05, 4.69) is 23.5 Å². The number of rotatable bonds is 4. The Labute approximate surface area is 142 Å². The molecule has 122 valence electrons. The Bertz CT molecular complexity index is 779. The minimum Gasteiger partial charge on any atom is -0.481 e. The van der Waals surface area contributed by atoms with Crippen LogP contribution in [0.4, 0.5) is 0 Å². The van der Waals surface area contributed by atoms with E-state index in [1.807, 2.05) is 12.1 Å². The molecule has 0 aliphatic heterocycles. The largest absolute Gasteiger partial charge is 0.481 e. The van der Waals surface area contributed by atoms with Crippen LogP contribution in [0.25, 0.3) is 0 Å². The molecule has 0 unspecified atom stereocenters. The second-order valence-electron chi connectivity index (χ2n) is 6.05. The van der Waals surface area contributed by atoms with Crippen LogP contribution >= 0.6 is 0 Å². The molecule has 24 heavy (non-hydrogen) atoms. The van der Waals surface area contributed by atoms with Gasteiger partial charge in [0.2, 0.25) is 0 Å². The molecule has 2 atom stereocenters. The number of fused-ring (bicyclic) bond motifs is 1. The zero-order valence-corrected chi connectivity index (χ0v) is 13.7. The van der Waals surface area contributed by atoms with E-state index in [0.29, 0.717) is 11.3 Å². The van der Waals surface area contributed by atoms with Gasteiger partial charge in [-0.05, 0) is 55.5 Å². The zero-order chi connectivity index (χ0) is 16.9. The van der Waals surface area contributed by atoms with E-state index in [4.69, 9.17) is 10.00 Å². The highest BCUT2D eigenvalue weighted by Gasteiger charge is 2.24. The summed E-state index contributed by atoms with van der Waals surface area (Å²) in [5.74, 6) is 0.389. The molecule has 2 aromatic rings. The van der Waals surface area contributed by atoms with Crippen LogP contribution in [0.15, 0.2) is 48.5 Å². The summed E-state index contributed by atoms with van der Waals surface area (Å²) in [7, 11) is 0. The second kappa shape index (κ2) is 7.18. The van der Waals surface area contributed by atoms with Gasteiger partial charge < -0.3 is 10.1 Å². The number of benzene rings is 2. The van der Waals surface area contributed by atoms with E-state index in [0.717, 1.165) is 19.3 Å². The predicted molar refractivity (Wildman–Crippen MR) is 91.5 cm³/mol. The molecule has 0 saturated carbocycles. The van der Waals surface area contributed by atoms with E-state index in [1.54, 1.807) is 31.2 Å². The lowest BCUT2D eigenvalue weighted by Crippen LogP contribution is -2.39. The van der Waals surface area contributed by atoms with Crippen molar-refractivity contribution in [2.45, 2.75) is 38.3 Å². The molecule has 0 aromatic heterocycles. The summed E-state index contributed by atoms with van der Waals surface area (Å²) in [4.78, 5) is 12.5. The van der Waals surface area contributed by atoms with Gasteiger partial charge in [0.25, 0.3) is 5.91 Å². The van der Waals surface area contributed by atoms with Gasteiger partial charge in [0.1, 0.15) is 5.75 Å². The van der Waals surface area contributed by atoms with Crippen LogP contribution in [0.2, 0.25) is 0 Å². The molecule has 1 aliphatic carbocycles. The number of carbonyl (C=O) groups is 1. The molecule has 1 N–H and O–H groups in total. The van der Waals surface area contributed by atoms with E-state index in [9.17, 15) is 4.79 Å². The first kappa shape index (κ1) is 16.1. The van der Waals surface area contributed by atoms with Crippen molar-refractivity contribution < 1.29 is 9.53 Å². The van der Waals surface area contributed by atoms with Crippen LogP contribution in [-0.4, -0.2) is 12.0 Å². The number of nitrogens with zero attached hydrogens (tertiary/aromatic N) is 1. The average molecular weight is 320 g/mol. The topological polar surface area (TPSA) is 62.1 Å². The van der Waals surface area contributed by atoms with Crippen molar-refractivity contribution >= 4 is 5.91 Å². The van der Waals surface area contributed by atoms with Gasteiger partial charge >= 0.3 is 0 Å². The highest BCUT2D eigenvalue weighted by Crippen LogP contribution is 2.29. The van der Waals surface area contributed by atoms with Gasteiger partial charge in [0.05, 0.1) is 17.7 Å². The zero-order valence-electron chi connectivity index (χ0n) is 13.7. The SMILES string of the molecule is C[C@H](Oc1cccc(C#N)c1)C(=O)N[C@H]1CCCc2ccccc21. The first-order valence-electron chi connectivity index (χ1n) is 8.22. The maximum Gasteiger partial charge on any atom is 0.261 e. The fraction of sp³-hybridized carbons (Fsp3) is 0.300. The van der Waals surface area contributed by atoms with Crippen LogP contribution in [0.1, 0.15) is 42.5 Å². The molecule has 4 nitrogen and oxygen atoms in total. The molecular formula is C20H20N2O2. The third kappa shape index (κ3) is 3.57. The summed E-state index contributed by atoms with van der Waals surface area (Å²) in [5.41, 5.74) is 3.03. The summed E-state index contributed by atoms with van der Waals surface area (Å²) < 4.78 is 5.68. The molecule has 0 fully saturated rings. The minimum atomic E-state index is -0.618. The number of carbonyl (C=O) groups excluding carboxylic acids is 1. The van der Waals surface area contributed by atoms with E-state index < -0.39 is 6.10 Å². The van der Waals surface area contributed by atoms with Crippen molar-refractivity contribution in [1.82, 2.24) is 5.32 Å². The Morgan fingerprint density at radius 1 is 1.29 bits per heavy atom. The second-order valence-corrected chi connectivity index (χ2v) is 6.05. The molecule has 1 amide bonds. The highest BCUT2D eigenvalue weighted by atomic mass is 16.5. The van der Waals surface area contributed by atoms with Crippen molar-refractivity contribution in [3.05, 3.63) is 65.2 Å². The van der Waals surface area contributed by atoms with Crippen LogP contribution < -0.4 is 10.1 Å². The molecule has 3 rings (SSSR count). The van der Waals surface area contributed by atoms with Gasteiger partial charge in [-0.3, -0.25) is 4.79 Å². The number of ether oxygens (including phenoxy) is 1. The molecule has 4 heteroatoms. The first-order chi connectivity index (χ1) is 11.7. The summed E-state index contributed by atoms with van der Waals surface area (Å²) in [6, 6.07) is 17.2. The van der Waals surface area contributed by atoms with Crippen LogP contribution in [0.3, 0.4) is 0 Å². The van der Waals surface area contributed by atoms with Crippen LogP contribution in [0.5, 0.6) is 5.75 Å². The molecule has 0 saturated heterocycles. The summed E-state index contributed by atoms with van der Waals surface area (Å²) >= 11 is 0. The third-order valence-corrected chi connectivity index (χ3v) is 4.33. The van der Waals surface area contributed by atoms with Crippen molar-refractivity contribution in [1.29, 1.82) is 5.26 Å². The smallest absolute Gasteiger partial charge is 0.261 e. The Morgan fingerprint density at radius 2 is 2.12 bits per heavy atom. The molecule has 0 heterocycles. The average Bonchev–Trinajstić information content (AvgIpc) is 2.62. The number of hydrogen-bond donors (Lipinski definition) is 1. The number of nitriles is 1. The van der Waals surface area contributed by atoms with Crippen molar-refractivity contribution in [2.24, 2.45) is 0 Å². The van der Waals surface area contributed by atoms with Gasteiger partial charge in [0.15, 0.2) is 6.10 Å². The minimum absolute atomic E-state index is 0.0407. The fourth-order valence-corrected chi connectivity index (χ4v) is 3.09.